The SMILES string of the molecule is CCOC(=O)c1nn(-c2ccc(Br)cc2)c(=O)c2c(NC(=O)c3ccccc3I)scc12. The van der Waals surface area contributed by atoms with Crippen LogP contribution in [0.4, 0.5) is 5.00 Å². The minimum Gasteiger partial charge on any atom is -0.461 e. The van der Waals surface area contributed by atoms with Crippen LogP contribution < -0.4 is 10.9 Å². The molecule has 0 fully saturated rings. The number of rotatable bonds is 5. The summed E-state index contributed by atoms with van der Waals surface area (Å²) in [6, 6.07) is 14.1. The number of nitrogens with zero attached hydrogens (tertiary/aromatic N) is 2. The van der Waals surface area contributed by atoms with Crippen molar-refractivity contribution in [2.75, 3.05) is 11.9 Å². The molecule has 10 heteroatoms. The molecule has 4 aromatic rings. The molecule has 0 aliphatic carbocycles. The number of hydrogen-bond donors (Lipinski definition) is 1. The van der Waals surface area contributed by atoms with Gasteiger partial charge in [0, 0.05) is 18.8 Å². The minimum atomic E-state index is -0.642. The van der Waals surface area contributed by atoms with E-state index in [0.29, 0.717) is 21.6 Å². The van der Waals surface area contributed by atoms with Gasteiger partial charge < -0.3 is 10.1 Å². The molecule has 0 atom stereocenters. The summed E-state index contributed by atoms with van der Waals surface area (Å²) in [6.45, 7) is 1.86. The highest BCUT2D eigenvalue weighted by Crippen LogP contribution is 2.31. The molecule has 0 saturated heterocycles. The van der Waals surface area contributed by atoms with E-state index < -0.39 is 11.5 Å². The van der Waals surface area contributed by atoms with Gasteiger partial charge in [0.15, 0.2) is 5.69 Å². The first-order chi connectivity index (χ1) is 15.4. The summed E-state index contributed by atoms with van der Waals surface area (Å²) < 4.78 is 7.92. The molecule has 2 aromatic carbocycles. The first-order valence-electron chi connectivity index (χ1n) is 9.44. The van der Waals surface area contributed by atoms with E-state index in [0.717, 1.165) is 24.1 Å². The number of carbonyl (C=O) groups is 2. The number of carbonyl (C=O) groups excluding carboxylic acids is 2. The highest BCUT2D eigenvalue weighted by atomic mass is 127. The van der Waals surface area contributed by atoms with E-state index in [-0.39, 0.29) is 23.6 Å². The van der Waals surface area contributed by atoms with Gasteiger partial charge in [-0.25, -0.2) is 4.79 Å². The Labute approximate surface area is 208 Å². The first-order valence-corrected chi connectivity index (χ1v) is 12.2. The summed E-state index contributed by atoms with van der Waals surface area (Å²) in [5.74, 6) is -0.987. The van der Waals surface area contributed by atoms with Gasteiger partial charge in [0.05, 0.1) is 23.2 Å². The third-order valence-corrected chi connectivity index (χ3v) is 6.90. The number of aromatic nitrogens is 2. The Kier molecular flexibility index (Phi) is 6.72. The largest absolute Gasteiger partial charge is 0.461 e. The Hall–Kier alpha value is -2.57. The fourth-order valence-electron chi connectivity index (χ4n) is 3.07. The van der Waals surface area contributed by atoms with Crippen molar-refractivity contribution in [2.45, 2.75) is 6.92 Å². The van der Waals surface area contributed by atoms with E-state index in [1.807, 2.05) is 12.1 Å². The van der Waals surface area contributed by atoms with Gasteiger partial charge in [-0.05, 0) is 65.9 Å². The fraction of sp³-hybridized carbons (Fsp3) is 0.0909. The van der Waals surface area contributed by atoms with E-state index in [4.69, 9.17) is 4.74 Å². The number of esters is 1. The van der Waals surface area contributed by atoms with Crippen LogP contribution in [0.5, 0.6) is 0 Å². The highest BCUT2D eigenvalue weighted by molar-refractivity contribution is 14.1. The molecule has 1 amide bonds. The Morgan fingerprint density at radius 3 is 2.59 bits per heavy atom. The number of amides is 1. The van der Waals surface area contributed by atoms with Gasteiger partial charge in [0.2, 0.25) is 0 Å². The molecule has 0 unspecified atom stereocenters. The van der Waals surface area contributed by atoms with Crippen LogP contribution in [0.3, 0.4) is 0 Å². The van der Waals surface area contributed by atoms with E-state index in [1.54, 1.807) is 48.7 Å². The molecule has 162 valence electrons. The number of anilines is 1. The van der Waals surface area contributed by atoms with Crippen molar-refractivity contribution in [3.63, 3.8) is 0 Å². The molecule has 2 aromatic heterocycles. The van der Waals surface area contributed by atoms with Gasteiger partial charge in [-0.1, -0.05) is 28.1 Å². The lowest BCUT2D eigenvalue weighted by molar-refractivity contribution is 0.0520. The predicted molar refractivity (Wildman–Crippen MR) is 136 cm³/mol. The van der Waals surface area contributed by atoms with Crippen molar-refractivity contribution < 1.29 is 14.3 Å². The number of nitrogens with one attached hydrogen (secondary N) is 1. The van der Waals surface area contributed by atoms with E-state index in [1.165, 1.54) is 0 Å². The number of hydrogen-bond acceptors (Lipinski definition) is 6. The van der Waals surface area contributed by atoms with Gasteiger partial charge in [-0.2, -0.15) is 9.78 Å². The summed E-state index contributed by atoms with van der Waals surface area (Å²) in [5, 5.41) is 9.63. The van der Waals surface area contributed by atoms with Crippen LogP contribution >= 0.6 is 49.9 Å². The van der Waals surface area contributed by atoms with Gasteiger partial charge in [0.1, 0.15) is 5.00 Å². The zero-order valence-corrected chi connectivity index (χ0v) is 21.2. The molecule has 0 aliphatic rings. The van der Waals surface area contributed by atoms with Gasteiger partial charge in [-0.15, -0.1) is 11.3 Å². The Bertz CT molecular complexity index is 1400. The average molecular weight is 624 g/mol. The molecular formula is C22H15BrIN3O4S. The second-order valence-electron chi connectivity index (χ2n) is 6.55. The summed E-state index contributed by atoms with van der Waals surface area (Å²) >= 11 is 6.61. The van der Waals surface area contributed by atoms with Crippen LogP contribution in [-0.2, 0) is 4.74 Å². The zero-order valence-electron chi connectivity index (χ0n) is 16.6. The summed E-state index contributed by atoms with van der Waals surface area (Å²) in [6.07, 6.45) is 0. The number of ether oxygens (including phenoxy) is 1. The lowest BCUT2D eigenvalue weighted by Crippen LogP contribution is -2.25. The topological polar surface area (TPSA) is 90.3 Å². The van der Waals surface area contributed by atoms with Gasteiger partial charge in [0.25, 0.3) is 11.5 Å². The van der Waals surface area contributed by atoms with Gasteiger partial charge in [-0.3, -0.25) is 9.59 Å². The first kappa shape index (κ1) is 22.6. The summed E-state index contributed by atoms with van der Waals surface area (Å²) in [7, 11) is 0. The molecule has 0 bridgehead atoms. The second kappa shape index (κ2) is 9.51. The van der Waals surface area contributed by atoms with E-state index in [9.17, 15) is 14.4 Å². The zero-order chi connectivity index (χ0) is 22.8. The molecule has 0 spiro atoms. The Morgan fingerprint density at radius 1 is 1.19 bits per heavy atom. The molecule has 2 heterocycles. The molecule has 0 radical (unpaired) electrons. The molecule has 1 N–H and O–H groups in total. The van der Waals surface area contributed by atoms with Crippen molar-refractivity contribution >= 4 is 77.5 Å². The van der Waals surface area contributed by atoms with Gasteiger partial charge >= 0.3 is 5.97 Å². The maximum atomic E-state index is 13.4. The molecule has 32 heavy (non-hydrogen) atoms. The third kappa shape index (κ3) is 4.34. The van der Waals surface area contributed by atoms with Crippen LogP contribution in [-0.4, -0.2) is 28.3 Å². The molecular weight excluding hydrogens is 609 g/mol. The number of benzene rings is 2. The van der Waals surface area contributed by atoms with Crippen LogP contribution in [0.15, 0.2) is 63.2 Å². The van der Waals surface area contributed by atoms with Crippen molar-refractivity contribution in [1.29, 1.82) is 0 Å². The molecule has 0 saturated carbocycles. The molecule has 7 nitrogen and oxygen atoms in total. The summed E-state index contributed by atoms with van der Waals surface area (Å²) in [4.78, 5) is 38.9. The van der Waals surface area contributed by atoms with Crippen molar-refractivity contribution in [2.24, 2.45) is 0 Å². The highest BCUT2D eigenvalue weighted by Gasteiger charge is 2.23. The molecule has 0 aliphatic heterocycles. The second-order valence-corrected chi connectivity index (χ2v) is 9.51. The number of fused-ring (bicyclic) bond motifs is 1. The Balaban J connectivity index is 1.89. The average Bonchev–Trinajstić information content (AvgIpc) is 3.19. The van der Waals surface area contributed by atoms with E-state index >= 15 is 0 Å². The van der Waals surface area contributed by atoms with Crippen LogP contribution in [0, 0.1) is 3.57 Å². The maximum Gasteiger partial charge on any atom is 0.359 e. The monoisotopic (exact) mass is 623 g/mol. The standard InChI is InChI=1S/C22H15BrIN3O4S/c1-2-31-22(30)18-15-11-32-20(25-19(28)14-5-3-4-6-16(14)24)17(15)21(29)27(26-18)13-9-7-12(23)8-10-13/h3-11H,2H2,1H3,(H,25,28). The number of halogens is 2. The van der Waals surface area contributed by atoms with Crippen molar-refractivity contribution in [3.05, 3.63) is 83.6 Å². The lowest BCUT2D eigenvalue weighted by atomic mass is 10.2. The van der Waals surface area contributed by atoms with Crippen LogP contribution in [0.2, 0.25) is 0 Å². The quantitative estimate of drug-likeness (QED) is 0.242. The minimum absolute atomic E-state index is 0.00964. The van der Waals surface area contributed by atoms with Crippen LogP contribution in [0.25, 0.3) is 16.5 Å². The Morgan fingerprint density at radius 2 is 1.91 bits per heavy atom. The summed E-state index contributed by atoms with van der Waals surface area (Å²) in [5.41, 5.74) is 0.527. The molecule has 4 rings (SSSR count). The fourth-order valence-corrected chi connectivity index (χ4v) is 4.89. The van der Waals surface area contributed by atoms with E-state index in [2.05, 4.69) is 48.9 Å². The normalized spacial score (nSPS) is 10.8. The number of thiophene rings is 1. The maximum absolute atomic E-state index is 13.4. The predicted octanol–water partition coefficient (Wildman–Crippen LogP) is 5.24. The van der Waals surface area contributed by atoms with Crippen LogP contribution in [0.1, 0.15) is 27.8 Å². The smallest absolute Gasteiger partial charge is 0.359 e. The lowest BCUT2D eigenvalue weighted by Gasteiger charge is -2.10. The third-order valence-electron chi connectivity index (χ3n) is 4.54. The van der Waals surface area contributed by atoms with Crippen molar-refractivity contribution in [3.8, 4) is 5.69 Å². The van der Waals surface area contributed by atoms with Crippen molar-refractivity contribution in [1.82, 2.24) is 9.78 Å².